The average molecular weight is 436 g/mol. The van der Waals surface area contributed by atoms with Gasteiger partial charge in [-0.3, -0.25) is 4.79 Å². The molecule has 160 valence electrons. The number of hydrogen-bond acceptors (Lipinski definition) is 5. The SMILES string of the molecule is CCn1c(SCC(=O)Nc2ccc(OC)cc2)nnc1-c1ccc2[nH]c(C)c(C)c2c1. The zero-order chi connectivity index (χ0) is 22.0. The first-order valence-corrected chi connectivity index (χ1v) is 11.1. The van der Waals surface area contributed by atoms with Crippen LogP contribution in [0.25, 0.3) is 22.3 Å². The van der Waals surface area contributed by atoms with Crippen LogP contribution in [0, 0.1) is 13.8 Å². The molecule has 8 heteroatoms. The van der Waals surface area contributed by atoms with Crippen LogP contribution in [0.4, 0.5) is 5.69 Å². The maximum atomic E-state index is 12.4. The highest BCUT2D eigenvalue weighted by Crippen LogP contribution is 2.29. The number of carbonyl (C=O) groups is 1. The third kappa shape index (κ3) is 4.29. The number of nitrogens with one attached hydrogen (secondary N) is 2. The highest BCUT2D eigenvalue weighted by molar-refractivity contribution is 7.99. The van der Waals surface area contributed by atoms with Gasteiger partial charge in [-0.15, -0.1) is 10.2 Å². The third-order valence-electron chi connectivity index (χ3n) is 5.31. The van der Waals surface area contributed by atoms with Gasteiger partial charge in [0, 0.05) is 34.4 Å². The number of rotatable bonds is 7. The Balaban J connectivity index is 1.49. The van der Waals surface area contributed by atoms with Crippen LogP contribution in [-0.4, -0.2) is 38.5 Å². The summed E-state index contributed by atoms with van der Waals surface area (Å²) in [6, 6.07) is 13.5. The molecule has 1 amide bonds. The topological polar surface area (TPSA) is 84.8 Å². The molecule has 0 spiro atoms. The summed E-state index contributed by atoms with van der Waals surface area (Å²) in [6.45, 7) is 6.97. The zero-order valence-corrected chi connectivity index (χ0v) is 18.8. The number of aryl methyl sites for hydroxylation is 2. The van der Waals surface area contributed by atoms with E-state index in [2.05, 4.69) is 59.5 Å². The summed E-state index contributed by atoms with van der Waals surface area (Å²) in [4.78, 5) is 15.8. The summed E-state index contributed by atoms with van der Waals surface area (Å²) in [5, 5.41) is 13.6. The molecule has 2 aromatic carbocycles. The molecule has 0 aliphatic carbocycles. The van der Waals surface area contributed by atoms with Crippen molar-refractivity contribution in [3.05, 3.63) is 53.7 Å². The lowest BCUT2D eigenvalue weighted by atomic mass is 10.1. The van der Waals surface area contributed by atoms with Gasteiger partial charge in [-0.1, -0.05) is 11.8 Å². The van der Waals surface area contributed by atoms with Crippen molar-refractivity contribution in [2.45, 2.75) is 32.5 Å². The van der Waals surface area contributed by atoms with Crippen LogP contribution in [0.3, 0.4) is 0 Å². The number of fused-ring (bicyclic) bond motifs is 1. The Morgan fingerprint density at radius 2 is 1.94 bits per heavy atom. The van der Waals surface area contributed by atoms with Gasteiger partial charge in [0.25, 0.3) is 0 Å². The van der Waals surface area contributed by atoms with E-state index in [0.717, 1.165) is 33.5 Å². The van der Waals surface area contributed by atoms with Gasteiger partial charge in [0.1, 0.15) is 5.75 Å². The third-order valence-corrected chi connectivity index (χ3v) is 6.27. The molecule has 0 aliphatic heterocycles. The van der Waals surface area contributed by atoms with Crippen molar-refractivity contribution in [3.8, 4) is 17.1 Å². The van der Waals surface area contributed by atoms with Gasteiger partial charge in [0.2, 0.25) is 5.91 Å². The van der Waals surface area contributed by atoms with E-state index in [0.29, 0.717) is 6.54 Å². The maximum absolute atomic E-state index is 12.4. The zero-order valence-electron chi connectivity index (χ0n) is 18.0. The predicted molar refractivity (Wildman–Crippen MR) is 125 cm³/mol. The molecule has 4 aromatic rings. The predicted octanol–water partition coefficient (Wildman–Crippen LogP) is 4.80. The molecule has 2 aromatic heterocycles. The van der Waals surface area contributed by atoms with Crippen LogP contribution < -0.4 is 10.1 Å². The number of thioether (sulfide) groups is 1. The molecule has 0 saturated heterocycles. The van der Waals surface area contributed by atoms with Crippen LogP contribution in [0.2, 0.25) is 0 Å². The lowest BCUT2D eigenvalue weighted by Gasteiger charge is -2.08. The Morgan fingerprint density at radius 3 is 2.65 bits per heavy atom. The summed E-state index contributed by atoms with van der Waals surface area (Å²) in [5.41, 5.74) is 5.27. The normalized spacial score (nSPS) is 11.1. The maximum Gasteiger partial charge on any atom is 0.234 e. The number of amides is 1. The molecular formula is C23H25N5O2S. The second-order valence-electron chi connectivity index (χ2n) is 7.25. The van der Waals surface area contributed by atoms with E-state index in [1.54, 1.807) is 7.11 Å². The quantitative estimate of drug-likeness (QED) is 0.407. The highest BCUT2D eigenvalue weighted by atomic mass is 32.2. The van der Waals surface area contributed by atoms with E-state index in [9.17, 15) is 4.79 Å². The molecule has 7 nitrogen and oxygen atoms in total. The van der Waals surface area contributed by atoms with E-state index in [-0.39, 0.29) is 11.7 Å². The molecule has 2 N–H and O–H groups in total. The largest absolute Gasteiger partial charge is 0.497 e. The minimum absolute atomic E-state index is 0.0952. The number of H-pyrrole nitrogens is 1. The Morgan fingerprint density at radius 1 is 1.16 bits per heavy atom. The molecular weight excluding hydrogens is 410 g/mol. The molecule has 0 fully saturated rings. The minimum atomic E-state index is -0.0952. The Hall–Kier alpha value is -3.26. The van der Waals surface area contributed by atoms with Gasteiger partial charge in [0.05, 0.1) is 12.9 Å². The fourth-order valence-electron chi connectivity index (χ4n) is 3.50. The standard InChI is InChI=1S/C23H25N5O2S/c1-5-28-22(16-6-11-20-19(12-16)14(2)15(3)24-20)26-27-23(28)31-13-21(29)25-17-7-9-18(30-4)10-8-17/h6-12,24H,5,13H2,1-4H3,(H,25,29). The lowest BCUT2D eigenvalue weighted by molar-refractivity contribution is -0.113. The van der Waals surface area contributed by atoms with Crippen molar-refractivity contribution in [1.82, 2.24) is 19.7 Å². The van der Waals surface area contributed by atoms with Crippen molar-refractivity contribution in [1.29, 1.82) is 0 Å². The summed E-state index contributed by atoms with van der Waals surface area (Å²) in [6.07, 6.45) is 0. The smallest absolute Gasteiger partial charge is 0.234 e. The van der Waals surface area contributed by atoms with Crippen molar-refractivity contribution >= 4 is 34.3 Å². The number of carbonyl (C=O) groups excluding carboxylic acids is 1. The van der Waals surface area contributed by atoms with Gasteiger partial charge >= 0.3 is 0 Å². The molecule has 31 heavy (non-hydrogen) atoms. The highest BCUT2D eigenvalue weighted by Gasteiger charge is 2.16. The van der Waals surface area contributed by atoms with Crippen molar-refractivity contribution in [2.75, 3.05) is 18.2 Å². The second-order valence-corrected chi connectivity index (χ2v) is 8.19. The Labute approximate surface area is 185 Å². The van der Waals surface area contributed by atoms with E-state index in [1.807, 2.05) is 28.8 Å². The molecule has 4 rings (SSSR count). The van der Waals surface area contributed by atoms with Crippen LogP contribution in [-0.2, 0) is 11.3 Å². The van der Waals surface area contributed by atoms with Crippen molar-refractivity contribution in [3.63, 3.8) is 0 Å². The Kier molecular flexibility index (Phi) is 5.99. The molecule has 0 saturated carbocycles. The van der Waals surface area contributed by atoms with E-state index >= 15 is 0 Å². The monoisotopic (exact) mass is 435 g/mol. The van der Waals surface area contributed by atoms with Crippen LogP contribution in [0.5, 0.6) is 5.75 Å². The van der Waals surface area contributed by atoms with E-state index in [4.69, 9.17) is 4.74 Å². The number of hydrogen-bond donors (Lipinski definition) is 2. The van der Waals surface area contributed by atoms with Gasteiger partial charge in [0.15, 0.2) is 11.0 Å². The van der Waals surface area contributed by atoms with Crippen LogP contribution in [0.1, 0.15) is 18.2 Å². The first-order valence-electron chi connectivity index (χ1n) is 10.1. The van der Waals surface area contributed by atoms with Crippen molar-refractivity contribution < 1.29 is 9.53 Å². The number of methoxy groups -OCH3 is 1. The molecule has 0 bridgehead atoms. The van der Waals surface area contributed by atoms with Gasteiger partial charge in [-0.05, 0) is 68.8 Å². The van der Waals surface area contributed by atoms with E-state index < -0.39 is 0 Å². The number of benzene rings is 2. The number of nitrogens with zero attached hydrogens (tertiary/aromatic N) is 3. The molecule has 0 unspecified atom stereocenters. The van der Waals surface area contributed by atoms with Crippen molar-refractivity contribution in [2.24, 2.45) is 0 Å². The molecule has 0 radical (unpaired) electrons. The number of aromatic amines is 1. The van der Waals surface area contributed by atoms with Crippen LogP contribution in [0.15, 0.2) is 47.6 Å². The van der Waals surface area contributed by atoms with Gasteiger partial charge in [-0.2, -0.15) is 0 Å². The second kappa shape index (κ2) is 8.85. The fourth-order valence-corrected chi connectivity index (χ4v) is 4.30. The summed E-state index contributed by atoms with van der Waals surface area (Å²) < 4.78 is 7.18. The first-order chi connectivity index (χ1) is 15.0. The first kappa shape index (κ1) is 21.0. The Bertz CT molecular complexity index is 1230. The summed E-state index contributed by atoms with van der Waals surface area (Å²) in [7, 11) is 1.61. The minimum Gasteiger partial charge on any atom is -0.497 e. The van der Waals surface area contributed by atoms with E-state index in [1.165, 1.54) is 28.4 Å². The summed E-state index contributed by atoms with van der Waals surface area (Å²) >= 11 is 1.38. The molecule has 0 atom stereocenters. The van der Waals surface area contributed by atoms with Crippen LogP contribution >= 0.6 is 11.8 Å². The van der Waals surface area contributed by atoms with Gasteiger partial charge < -0.3 is 19.6 Å². The van der Waals surface area contributed by atoms with Gasteiger partial charge in [-0.25, -0.2) is 0 Å². The lowest BCUT2D eigenvalue weighted by Crippen LogP contribution is -2.14. The summed E-state index contributed by atoms with van der Waals surface area (Å²) in [5.74, 6) is 1.71. The average Bonchev–Trinajstić information content (AvgIpc) is 3.32. The molecule has 0 aliphatic rings. The number of aromatic nitrogens is 4. The molecule has 2 heterocycles. The number of ether oxygens (including phenoxy) is 1. The number of anilines is 1. The fraction of sp³-hybridized carbons (Fsp3) is 0.261.